The van der Waals surface area contributed by atoms with E-state index in [9.17, 15) is 9.59 Å². The lowest BCUT2D eigenvalue weighted by molar-refractivity contribution is -0.142. The van der Waals surface area contributed by atoms with Crippen LogP contribution in [0.15, 0.2) is 48.7 Å². The number of carbonyl (C=O) groups excluding carboxylic acids is 2. The van der Waals surface area contributed by atoms with Crippen molar-refractivity contribution >= 4 is 17.7 Å². The summed E-state index contributed by atoms with van der Waals surface area (Å²) in [5.41, 5.74) is 1.27. The molecule has 8 heteroatoms. The minimum absolute atomic E-state index is 0.105. The van der Waals surface area contributed by atoms with Gasteiger partial charge in [-0.1, -0.05) is 30.3 Å². The fraction of sp³-hybridized carbons (Fsp3) is 0.316. The maximum atomic E-state index is 12.1. The number of rotatable bonds is 9. The first-order chi connectivity index (χ1) is 13.1. The van der Waals surface area contributed by atoms with E-state index in [1.54, 1.807) is 19.2 Å². The summed E-state index contributed by atoms with van der Waals surface area (Å²) in [4.78, 5) is 28.2. The van der Waals surface area contributed by atoms with Gasteiger partial charge in [0.05, 0.1) is 31.5 Å². The standard InChI is InChI=1S/C19H23N3O5/c1-25-10-11-27-17-9-8-15(12-20-17)22-19(24)21-13-16(18(23)26-2)14-6-4-3-5-7-14/h3-9,12,16H,10-11,13H2,1-2H3,(H2,21,22,24)/t16-/m1/s1. The zero-order chi connectivity index (χ0) is 19.5. The Hall–Kier alpha value is -3.13. The Morgan fingerprint density at radius 3 is 2.48 bits per heavy atom. The van der Waals surface area contributed by atoms with E-state index in [2.05, 4.69) is 15.6 Å². The summed E-state index contributed by atoms with van der Waals surface area (Å²) < 4.78 is 15.1. The first-order valence-corrected chi connectivity index (χ1v) is 8.39. The van der Waals surface area contributed by atoms with Crippen molar-refractivity contribution < 1.29 is 23.8 Å². The van der Waals surface area contributed by atoms with Gasteiger partial charge in [-0.25, -0.2) is 9.78 Å². The van der Waals surface area contributed by atoms with E-state index in [1.165, 1.54) is 13.3 Å². The highest BCUT2D eigenvalue weighted by Crippen LogP contribution is 2.16. The zero-order valence-electron chi connectivity index (χ0n) is 15.3. The molecule has 2 N–H and O–H groups in total. The topological polar surface area (TPSA) is 98.8 Å². The van der Waals surface area contributed by atoms with Crippen LogP contribution in [0.1, 0.15) is 11.5 Å². The summed E-state index contributed by atoms with van der Waals surface area (Å²) in [6, 6.07) is 12.0. The minimum atomic E-state index is -0.586. The molecule has 0 saturated heterocycles. The first-order valence-electron chi connectivity index (χ1n) is 8.39. The van der Waals surface area contributed by atoms with Crippen LogP contribution < -0.4 is 15.4 Å². The Morgan fingerprint density at radius 1 is 1.07 bits per heavy atom. The molecule has 1 atom stereocenters. The van der Waals surface area contributed by atoms with Crippen molar-refractivity contribution in [2.45, 2.75) is 5.92 Å². The molecule has 0 radical (unpaired) electrons. The quantitative estimate of drug-likeness (QED) is 0.516. The number of amides is 2. The number of aromatic nitrogens is 1. The summed E-state index contributed by atoms with van der Waals surface area (Å²) in [6.45, 7) is 0.964. The molecule has 0 aliphatic heterocycles. The lowest BCUT2D eigenvalue weighted by atomic mass is 9.99. The Bertz CT molecular complexity index is 722. The van der Waals surface area contributed by atoms with Crippen LogP contribution in [0.4, 0.5) is 10.5 Å². The largest absolute Gasteiger partial charge is 0.475 e. The van der Waals surface area contributed by atoms with Crippen molar-refractivity contribution in [2.24, 2.45) is 0 Å². The van der Waals surface area contributed by atoms with Gasteiger partial charge < -0.3 is 24.8 Å². The highest BCUT2D eigenvalue weighted by molar-refractivity contribution is 5.89. The van der Waals surface area contributed by atoms with Crippen LogP contribution in [0.25, 0.3) is 0 Å². The van der Waals surface area contributed by atoms with E-state index in [-0.39, 0.29) is 6.54 Å². The van der Waals surface area contributed by atoms with Crippen LogP contribution in [0, 0.1) is 0 Å². The van der Waals surface area contributed by atoms with Crippen molar-refractivity contribution in [1.82, 2.24) is 10.3 Å². The number of ether oxygens (including phenoxy) is 3. The van der Waals surface area contributed by atoms with Crippen molar-refractivity contribution in [3.8, 4) is 5.88 Å². The lowest BCUT2D eigenvalue weighted by Crippen LogP contribution is -2.35. The number of urea groups is 1. The average molecular weight is 373 g/mol. The number of nitrogens with zero attached hydrogens (tertiary/aromatic N) is 1. The Kier molecular flexibility index (Phi) is 8.05. The number of hydrogen-bond acceptors (Lipinski definition) is 6. The van der Waals surface area contributed by atoms with Gasteiger partial charge >= 0.3 is 12.0 Å². The Labute approximate surface area is 157 Å². The van der Waals surface area contributed by atoms with Crippen LogP contribution in [-0.2, 0) is 14.3 Å². The van der Waals surface area contributed by atoms with Gasteiger partial charge in [0.2, 0.25) is 5.88 Å². The average Bonchev–Trinajstić information content (AvgIpc) is 2.70. The molecule has 2 aromatic rings. The summed E-state index contributed by atoms with van der Waals surface area (Å²) in [6.07, 6.45) is 1.48. The Morgan fingerprint density at radius 2 is 1.85 bits per heavy atom. The third kappa shape index (κ3) is 6.59. The molecule has 1 aromatic carbocycles. The Balaban J connectivity index is 1.87. The van der Waals surface area contributed by atoms with E-state index >= 15 is 0 Å². The van der Waals surface area contributed by atoms with E-state index in [0.717, 1.165) is 5.56 Å². The van der Waals surface area contributed by atoms with Crippen molar-refractivity contribution in [2.75, 3.05) is 39.3 Å². The summed E-state index contributed by atoms with van der Waals surface area (Å²) in [5.74, 6) is -0.565. The zero-order valence-corrected chi connectivity index (χ0v) is 15.3. The van der Waals surface area contributed by atoms with Gasteiger partial charge in [-0.15, -0.1) is 0 Å². The molecule has 0 saturated carbocycles. The molecule has 1 heterocycles. The fourth-order valence-corrected chi connectivity index (χ4v) is 2.30. The number of anilines is 1. The van der Waals surface area contributed by atoms with Crippen molar-refractivity contribution in [3.63, 3.8) is 0 Å². The fourth-order valence-electron chi connectivity index (χ4n) is 2.30. The molecule has 0 aliphatic carbocycles. The molecule has 0 aliphatic rings. The number of nitrogens with one attached hydrogen (secondary N) is 2. The molecule has 8 nitrogen and oxygen atoms in total. The monoisotopic (exact) mass is 373 g/mol. The van der Waals surface area contributed by atoms with E-state index in [0.29, 0.717) is 24.8 Å². The second-order valence-corrected chi connectivity index (χ2v) is 5.55. The predicted octanol–water partition coefficient (Wildman–Crippen LogP) is 2.19. The van der Waals surface area contributed by atoms with Gasteiger partial charge in [0, 0.05) is 19.7 Å². The molecule has 27 heavy (non-hydrogen) atoms. The smallest absolute Gasteiger partial charge is 0.319 e. The van der Waals surface area contributed by atoms with Gasteiger partial charge in [-0.3, -0.25) is 4.79 Å². The molecule has 1 aromatic heterocycles. The number of hydrogen-bond donors (Lipinski definition) is 2. The van der Waals surface area contributed by atoms with Crippen LogP contribution in [-0.4, -0.2) is 51.0 Å². The molecule has 2 amide bonds. The van der Waals surface area contributed by atoms with Gasteiger partial charge in [0.1, 0.15) is 6.61 Å². The normalized spacial score (nSPS) is 11.3. The third-order valence-corrected chi connectivity index (χ3v) is 3.69. The van der Waals surface area contributed by atoms with Crippen molar-refractivity contribution in [1.29, 1.82) is 0 Å². The van der Waals surface area contributed by atoms with Gasteiger partial charge in [-0.2, -0.15) is 0 Å². The number of esters is 1. The van der Waals surface area contributed by atoms with Gasteiger partial charge in [-0.05, 0) is 11.6 Å². The van der Waals surface area contributed by atoms with E-state index < -0.39 is 17.9 Å². The molecule has 144 valence electrons. The first kappa shape index (κ1) is 20.2. The number of carbonyl (C=O) groups is 2. The van der Waals surface area contributed by atoms with E-state index in [1.807, 2.05) is 30.3 Å². The van der Waals surface area contributed by atoms with Gasteiger partial charge in [0.25, 0.3) is 0 Å². The summed E-state index contributed by atoms with van der Waals surface area (Å²) in [7, 11) is 2.91. The predicted molar refractivity (Wildman–Crippen MR) is 99.8 cm³/mol. The van der Waals surface area contributed by atoms with Crippen LogP contribution in [0.3, 0.4) is 0 Å². The maximum absolute atomic E-state index is 12.1. The summed E-state index contributed by atoms with van der Waals surface area (Å²) in [5, 5.41) is 5.33. The highest BCUT2D eigenvalue weighted by atomic mass is 16.5. The number of methoxy groups -OCH3 is 2. The SMILES string of the molecule is COCCOc1ccc(NC(=O)NC[C@@H](C(=O)OC)c2ccccc2)cn1. The minimum Gasteiger partial charge on any atom is -0.475 e. The maximum Gasteiger partial charge on any atom is 0.319 e. The second kappa shape index (κ2) is 10.8. The van der Waals surface area contributed by atoms with Crippen LogP contribution in [0.5, 0.6) is 5.88 Å². The number of benzene rings is 1. The molecule has 0 unspecified atom stereocenters. The second-order valence-electron chi connectivity index (χ2n) is 5.55. The molecule has 2 rings (SSSR count). The highest BCUT2D eigenvalue weighted by Gasteiger charge is 2.22. The van der Waals surface area contributed by atoms with Gasteiger partial charge in [0.15, 0.2) is 0 Å². The third-order valence-electron chi connectivity index (χ3n) is 3.69. The van der Waals surface area contributed by atoms with Crippen molar-refractivity contribution in [3.05, 3.63) is 54.2 Å². The molecule has 0 spiro atoms. The molecule has 0 fully saturated rings. The summed E-state index contributed by atoms with van der Waals surface area (Å²) >= 11 is 0. The molecule has 0 bridgehead atoms. The van der Waals surface area contributed by atoms with E-state index in [4.69, 9.17) is 14.2 Å². The van der Waals surface area contributed by atoms with Crippen LogP contribution in [0.2, 0.25) is 0 Å². The number of pyridine rings is 1. The lowest BCUT2D eigenvalue weighted by Gasteiger charge is -2.16. The van der Waals surface area contributed by atoms with Crippen LogP contribution >= 0.6 is 0 Å². The molecular weight excluding hydrogens is 350 g/mol. The molecular formula is C19H23N3O5.